The van der Waals surface area contributed by atoms with Crippen LogP contribution < -0.4 is 32.1 Å². The zero-order valence-corrected chi connectivity index (χ0v) is 20.2. The molecule has 1 aliphatic heterocycles. The fourth-order valence-electron chi connectivity index (χ4n) is 3.94. The number of carbonyl (C=O) groups excluding carboxylic acids is 1. The molecule has 0 aliphatic carbocycles. The molecule has 0 atom stereocenters. The molecule has 1 aliphatic rings. The van der Waals surface area contributed by atoms with Crippen molar-refractivity contribution >= 4 is 46.8 Å². The number of nitrogens with one attached hydrogen (secondary N) is 1. The van der Waals surface area contributed by atoms with Gasteiger partial charge in [-0.05, 0) is 34.9 Å². The predicted molar refractivity (Wildman–Crippen MR) is 133 cm³/mol. The van der Waals surface area contributed by atoms with E-state index in [0.717, 1.165) is 35.2 Å². The van der Waals surface area contributed by atoms with Crippen LogP contribution >= 0.6 is 11.8 Å². The molecule has 0 bridgehead atoms. The number of hydrogen-bond donors (Lipinski definition) is 4. The second-order valence-corrected chi connectivity index (χ2v) is 8.28. The number of aromatic carboxylic acids is 1. The molecule has 0 amide bonds. The molecule has 0 unspecified atom stereocenters. The number of nitrogens with zero attached hydrogens (tertiary/aromatic N) is 5. The lowest BCUT2D eigenvalue weighted by Gasteiger charge is -2.31. The Morgan fingerprint density at radius 3 is 2.57 bits per heavy atom. The van der Waals surface area contributed by atoms with Gasteiger partial charge in [0.05, 0.1) is 7.11 Å². The van der Waals surface area contributed by atoms with E-state index in [2.05, 4.69) is 36.8 Å². The van der Waals surface area contributed by atoms with E-state index in [1.54, 1.807) is 0 Å². The highest BCUT2D eigenvalue weighted by molar-refractivity contribution is 6.13. The molecule has 192 valence electrons. The first-order valence-corrected chi connectivity index (χ1v) is 11.1. The third kappa shape index (κ3) is 4.92. The highest BCUT2D eigenvalue weighted by Crippen LogP contribution is 2.26. The number of anilines is 3. The highest BCUT2D eigenvalue weighted by atomic mass is 35.5. The summed E-state index contributed by atoms with van der Waals surface area (Å²) >= 11 is 5.52. The molecular formula is C22H21ClN8O6. The number of hydrogen-bond acceptors (Lipinski definition) is 12. The molecule has 0 fully saturated rings. The molecule has 14 nitrogen and oxygen atoms in total. The average molecular weight is 529 g/mol. The van der Waals surface area contributed by atoms with Gasteiger partial charge in [0.1, 0.15) is 11.4 Å². The van der Waals surface area contributed by atoms with Crippen LogP contribution in [-0.2, 0) is 24.2 Å². The van der Waals surface area contributed by atoms with E-state index < -0.39 is 22.8 Å². The first-order chi connectivity index (χ1) is 17.6. The number of carbonyl (C=O) groups is 2. The smallest absolute Gasteiger partial charge is 0.356 e. The monoisotopic (exact) mass is 528 g/mol. The highest BCUT2D eigenvalue weighted by Gasteiger charge is 2.26. The van der Waals surface area contributed by atoms with Crippen molar-refractivity contribution in [2.45, 2.75) is 19.5 Å². The fourth-order valence-corrected chi connectivity index (χ4v) is 4.10. The molecule has 0 saturated carbocycles. The Bertz CT molecular complexity index is 1590. The van der Waals surface area contributed by atoms with Crippen LogP contribution in [0.4, 0.5) is 17.3 Å². The van der Waals surface area contributed by atoms with Gasteiger partial charge in [-0.25, -0.2) is 19.4 Å². The van der Waals surface area contributed by atoms with Crippen molar-refractivity contribution < 1.29 is 19.4 Å². The van der Waals surface area contributed by atoms with E-state index >= 15 is 0 Å². The van der Waals surface area contributed by atoms with Crippen LogP contribution in [0, 0.1) is 0 Å². The Balaban J connectivity index is 0.000000176. The zero-order chi connectivity index (χ0) is 26.9. The van der Waals surface area contributed by atoms with Gasteiger partial charge in [0.2, 0.25) is 5.95 Å². The number of nitrogens with two attached hydrogens (primary N) is 2. The lowest BCUT2D eigenvalue weighted by Crippen LogP contribution is -2.44. The number of carboxylic acids is 1. The number of fused-ring (bicyclic) bond motifs is 2. The SMILES string of the molecule is COC(=O)c1cc(C(=O)O)nc2nc(N)nn12.Nc1c(N2CCc3ccc(CNCl)cc3C2)c(=O)c1=O. The number of rotatable bonds is 5. The molecule has 2 aromatic heterocycles. The van der Waals surface area contributed by atoms with Crippen LogP contribution in [0.25, 0.3) is 5.78 Å². The molecule has 37 heavy (non-hydrogen) atoms. The summed E-state index contributed by atoms with van der Waals surface area (Å²) < 4.78 is 5.52. The van der Waals surface area contributed by atoms with Crippen molar-refractivity contribution in [3.63, 3.8) is 0 Å². The van der Waals surface area contributed by atoms with Crippen LogP contribution in [0.3, 0.4) is 0 Å². The maximum Gasteiger partial charge on any atom is 0.356 e. The topological polar surface area (TPSA) is 208 Å². The maximum atomic E-state index is 11.6. The van der Waals surface area contributed by atoms with Crippen molar-refractivity contribution in [3.8, 4) is 0 Å². The normalized spacial score (nSPS) is 12.6. The van der Waals surface area contributed by atoms with Gasteiger partial charge in [-0.1, -0.05) is 18.2 Å². The molecule has 6 N–H and O–H groups in total. The lowest BCUT2D eigenvalue weighted by atomic mass is 9.96. The Morgan fingerprint density at radius 2 is 1.92 bits per heavy atom. The van der Waals surface area contributed by atoms with E-state index in [9.17, 15) is 19.2 Å². The second kappa shape index (κ2) is 10.2. The van der Waals surface area contributed by atoms with Gasteiger partial charge in [-0.2, -0.15) is 9.50 Å². The van der Waals surface area contributed by atoms with Gasteiger partial charge >= 0.3 is 11.9 Å². The van der Waals surface area contributed by atoms with Gasteiger partial charge in [-0.15, -0.1) is 5.10 Å². The Morgan fingerprint density at radius 1 is 1.16 bits per heavy atom. The standard InChI is InChI=1S/C14H14ClN3O2.C8H7N5O4/c15-17-6-8-1-2-9-3-4-18(7-10(9)5-8)12-11(16)13(19)14(12)20;1-17-6(16)4-2-3(5(14)15)10-8-11-7(9)12-13(4)8/h1-2,5,17H,3-4,6-7,16H2;2H,1H3,(H2,9,12)(H,14,15). The van der Waals surface area contributed by atoms with Gasteiger partial charge in [0, 0.05) is 25.7 Å². The van der Waals surface area contributed by atoms with Crippen molar-refractivity contribution in [2.75, 3.05) is 30.0 Å². The van der Waals surface area contributed by atoms with Crippen LogP contribution in [-0.4, -0.2) is 50.3 Å². The van der Waals surface area contributed by atoms with E-state index in [1.165, 1.54) is 5.56 Å². The summed E-state index contributed by atoms with van der Waals surface area (Å²) in [4.78, 5) is 56.9. The van der Waals surface area contributed by atoms with Crippen LogP contribution in [0.15, 0.2) is 33.9 Å². The maximum absolute atomic E-state index is 11.6. The minimum atomic E-state index is -1.29. The fraction of sp³-hybridized carbons (Fsp3) is 0.227. The summed E-state index contributed by atoms with van der Waals surface area (Å²) in [6.07, 6.45) is 0.835. The summed E-state index contributed by atoms with van der Waals surface area (Å²) in [6.45, 7) is 1.88. The number of benzene rings is 1. The average Bonchev–Trinajstić information content (AvgIpc) is 3.28. The summed E-state index contributed by atoms with van der Waals surface area (Å²) in [7, 11) is 1.16. The van der Waals surface area contributed by atoms with Crippen LogP contribution in [0.2, 0.25) is 0 Å². The second-order valence-electron chi connectivity index (χ2n) is 8.01. The van der Waals surface area contributed by atoms with E-state index in [-0.39, 0.29) is 28.8 Å². The summed E-state index contributed by atoms with van der Waals surface area (Å²) in [5, 5.41) is 12.5. The van der Waals surface area contributed by atoms with Crippen molar-refractivity contribution in [1.29, 1.82) is 0 Å². The molecule has 5 rings (SSSR count). The molecule has 3 heterocycles. The largest absolute Gasteiger partial charge is 0.477 e. The Hall–Kier alpha value is -4.56. The quantitative estimate of drug-likeness (QED) is 0.151. The molecular weight excluding hydrogens is 508 g/mol. The predicted octanol–water partition coefficient (Wildman–Crippen LogP) is -0.138. The number of aromatic nitrogens is 4. The number of methoxy groups -OCH3 is 1. The van der Waals surface area contributed by atoms with Gasteiger partial charge in [0.25, 0.3) is 16.6 Å². The molecule has 0 radical (unpaired) electrons. The number of carboxylic acid groups (broad SMARTS) is 1. The van der Waals surface area contributed by atoms with Crippen LogP contribution in [0.1, 0.15) is 37.7 Å². The molecule has 0 spiro atoms. The Labute approximate surface area is 213 Å². The minimum absolute atomic E-state index is 0.0807. The zero-order valence-electron chi connectivity index (χ0n) is 19.4. The van der Waals surface area contributed by atoms with Gasteiger partial charge in [-0.3, -0.25) is 9.59 Å². The van der Waals surface area contributed by atoms with E-state index in [0.29, 0.717) is 25.3 Å². The first kappa shape index (κ1) is 25.5. The summed E-state index contributed by atoms with van der Waals surface area (Å²) in [5.41, 5.74) is 13.4. The minimum Gasteiger partial charge on any atom is -0.477 e. The summed E-state index contributed by atoms with van der Waals surface area (Å²) in [5.74, 6) is -2.25. The van der Waals surface area contributed by atoms with E-state index in [4.69, 9.17) is 28.4 Å². The van der Waals surface area contributed by atoms with E-state index in [1.807, 2.05) is 11.0 Å². The summed E-state index contributed by atoms with van der Waals surface area (Å²) in [6, 6.07) is 7.23. The number of halogens is 1. The molecule has 2 aromatic carbocycles. The third-order valence-electron chi connectivity index (χ3n) is 5.73. The van der Waals surface area contributed by atoms with Crippen molar-refractivity contribution in [1.82, 2.24) is 24.4 Å². The lowest BCUT2D eigenvalue weighted by molar-refractivity contribution is 0.0590. The number of nitrogen functional groups attached to an aromatic ring is 2. The number of esters is 1. The number of ether oxygens (including phenoxy) is 1. The molecule has 0 saturated heterocycles. The Kier molecular flexibility index (Phi) is 7.04. The molecule has 15 heteroatoms. The molecule has 4 aromatic rings. The van der Waals surface area contributed by atoms with Gasteiger partial charge < -0.3 is 26.2 Å². The van der Waals surface area contributed by atoms with Crippen LogP contribution in [0.5, 0.6) is 0 Å². The van der Waals surface area contributed by atoms with Crippen molar-refractivity contribution in [2.24, 2.45) is 0 Å². The van der Waals surface area contributed by atoms with Gasteiger partial charge in [0.15, 0.2) is 11.4 Å². The third-order valence-corrected chi connectivity index (χ3v) is 5.87. The first-order valence-electron chi connectivity index (χ1n) is 10.8. The van der Waals surface area contributed by atoms with Crippen molar-refractivity contribution in [3.05, 3.63) is 72.8 Å².